The number of nitrogens with zero attached hydrogens (tertiary/aromatic N) is 14. The van der Waals surface area contributed by atoms with Crippen LogP contribution in [0, 0.1) is 20.8 Å². The van der Waals surface area contributed by atoms with Crippen LogP contribution in [0.2, 0.25) is 5.02 Å². The number of halogens is 1. The molecule has 1 atom stereocenters. The SMILES string of the molecule is Cc1sc2c(c1C)C(c1ccc(Cl)cc1)=N[C@@H](CC(=O)N1CCN(CCOCCOCCOCCOCCOCCOCCOCCOCCNC(=O)CCNC(=O)c3nc(NC(=O)CCNC(=O)c4cc(NC(=O)c5nc(NC(=O)CCNC(=O)c6cc(NC(=O)c7nccn7C)cn6C)cn5C)cn4C)cn3C)CC1)c1nnc(C)n1-2. The number of aromatic nitrogens is 11. The van der Waals surface area contributed by atoms with Gasteiger partial charge in [-0.15, -0.1) is 21.5 Å². The molecule has 7 aromatic heterocycles. The number of nitrogens with one attached hydrogen (secondary N) is 8. The molecule has 9 amide bonds. The maximum atomic E-state index is 13.9. The lowest BCUT2D eigenvalue weighted by Crippen LogP contribution is -2.49. The predicted octanol–water partition coefficient (Wildman–Crippen LogP) is 3.30. The summed E-state index contributed by atoms with van der Waals surface area (Å²) in [5, 5.41) is 32.0. The normalized spacial score (nSPS) is 13.3. The van der Waals surface area contributed by atoms with E-state index in [1.54, 1.807) is 63.5 Å². The highest BCUT2D eigenvalue weighted by Gasteiger charge is 2.35. The van der Waals surface area contributed by atoms with Crippen LogP contribution in [0.4, 0.5) is 23.0 Å². The maximum absolute atomic E-state index is 13.9. The Hall–Kier alpha value is -10.9. The van der Waals surface area contributed by atoms with Gasteiger partial charge in [-0.3, -0.25) is 57.6 Å². The van der Waals surface area contributed by atoms with Crippen LogP contribution >= 0.6 is 22.9 Å². The molecular weight excluding hydrogens is 1570 g/mol. The van der Waals surface area contributed by atoms with Crippen LogP contribution in [-0.4, -0.2) is 286 Å². The number of amides is 9. The minimum Gasteiger partial charge on any atom is -0.378 e. The summed E-state index contributed by atoms with van der Waals surface area (Å²) in [5.41, 5.74) is 5.00. The molecule has 0 bridgehead atoms. The number of imidazole rings is 3. The molecule has 636 valence electrons. The van der Waals surface area contributed by atoms with Crippen molar-refractivity contribution in [3.05, 3.63) is 141 Å². The van der Waals surface area contributed by atoms with Gasteiger partial charge >= 0.3 is 0 Å². The lowest BCUT2D eigenvalue weighted by atomic mass is 9.99. The second kappa shape index (κ2) is 45.1. The third-order valence-electron chi connectivity index (χ3n) is 18.8. The fourth-order valence-corrected chi connectivity index (χ4v) is 13.9. The predicted molar refractivity (Wildman–Crippen MR) is 435 cm³/mol. The minimum absolute atomic E-state index is 0.00365. The number of benzene rings is 1. The molecule has 0 saturated carbocycles. The fourth-order valence-electron chi connectivity index (χ4n) is 12.5. The van der Waals surface area contributed by atoms with Crippen molar-refractivity contribution in [3.8, 4) is 5.00 Å². The molecule has 1 fully saturated rings. The first-order chi connectivity index (χ1) is 57.0. The van der Waals surface area contributed by atoms with Crippen LogP contribution in [0.15, 0.2) is 78.6 Å². The van der Waals surface area contributed by atoms with E-state index in [1.165, 1.54) is 60.1 Å². The summed E-state index contributed by atoms with van der Waals surface area (Å²) in [5.74, 6) is -2.17. The van der Waals surface area contributed by atoms with Crippen molar-refractivity contribution >= 4 is 105 Å². The number of thiophene rings is 1. The Morgan fingerprint density at radius 2 is 0.958 bits per heavy atom. The van der Waals surface area contributed by atoms with E-state index in [9.17, 15) is 43.2 Å². The Morgan fingerprint density at radius 1 is 0.492 bits per heavy atom. The number of carbonyl (C=O) groups is 9. The number of piperazine rings is 1. The molecule has 118 heavy (non-hydrogen) atoms. The number of hydrogen-bond acceptors (Lipinski definition) is 25. The van der Waals surface area contributed by atoms with Crippen LogP contribution < -0.4 is 42.5 Å². The zero-order chi connectivity index (χ0) is 84.0. The number of carbonyl (C=O) groups excluding carboxylic acids is 9. The fraction of sp³-hybridized carbons (Fsp3) is 0.494. The van der Waals surface area contributed by atoms with Gasteiger partial charge in [0, 0.05) is 172 Å². The molecule has 8 aromatic rings. The molecule has 0 spiro atoms. The highest BCUT2D eigenvalue weighted by molar-refractivity contribution is 7.15. The average Bonchev–Trinajstić information content (AvgIpc) is 1.59. The van der Waals surface area contributed by atoms with Gasteiger partial charge in [0.05, 0.1) is 129 Å². The van der Waals surface area contributed by atoms with E-state index >= 15 is 0 Å². The van der Waals surface area contributed by atoms with Crippen molar-refractivity contribution in [1.82, 2.24) is 83.6 Å². The van der Waals surface area contributed by atoms with Gasteiger partial charge in [-0.25, -0.2) is 15.0 Å². The highest BCUT2D eigenvalue weighted by Crippen LogP contribution is 2.40. The molecule has 9 heterocycles. The van der Waals surface area contributed by atoms with Gasteiger partial charge < -0.3 is 108 Å². The van der Waals surface area contributed by atoms with Gasteiger partial charge in [0.15, 0.2) is 23.3 Å². The number of fused-ring (bicyclic) bond motifs is 3. The van der Waals surface area contributed by atoms with Crippen LogP contribution in [0.25, 0.3) is 5.00 Å². The lowest BCUT2D eigenvalue weighted by molar-refractivity contribution is -0.133. The van der Waals surface area contributed by atoms with E-state index in [0.717, 1.165) is 52.9 Å². The smallest absolute Gasteiger partial charge is 0.291 e. The topological polar surface area (TPSA) is 437 Å². The molecular formula is C77H103ClN22O17S. The second-order valence-electron chi connectivity index (χ2n) is 27.5. The van der Waals surface area contributed by atoms with E-state index in [0.29, 0.717) is 129 Å². The molecule has 10 rings (SSSR count). The number of aryl methyl sites for hydroxylation is 7. The molecule has 39 nitrogen and oxygen atoms in total. The quantitative estimate of drug-likeness (QED) is 0.0254. The van der Waals surface area contributed by atoms with Gasteiger partial charge in [-0.2, -0.15) is 0 Å². The van der Waals surface area contributed by atoms with E-state index < -0.39 is 47.4 Å². The van der Waals surface area contributed by atoms with Crippen molar-refractivity contribution in [2.75, 3.05) is 186 Å². The monoisotopic (exact) mass is 1670 g/mol. The van der Waals surface area contributed by atoms with Crippen LogP contribution in [0.5, 0.6) is 0 Å². The third kappa shape index (κ3) is 26.3. The molecule has 0 radical (unpaired) electrons. The van der Waals surface area contributed by atoms with Gasteiger partial charge in [0.2, 0.25) is 35.3 Å². The van der Waals surface area contributed by atoms with E-state index in [2.05, 4.69) is 91.0 Å². The lowest BCUT2D eigenvalue weighted by Gasteiger charge is -2.35. The summed E-state index contributed by atoms with van der Waals surface area (Å²) in [6, 6.07) is 10.1. The summed E-state index contributed by atoms with van der Waals surface area (Å²) < 4.78 is 54.4. The number of ether oxygens (including phenoxy) is 8. The standard InChI is InChI=1S/C77H103ClN22O17S/c1-50-51(2)118-77-66(50)67(53-9-11-54(78)12-10-53)86-57(68-92-91-52(3)100(68)77)45-65(104)99-24-22-98(23-25-99)26-28-111-30-32-113-34-36-115-38-40-117-42-41-116-39-37-114-35-33-112-31-29-110-27-20-79-62(101)13-16-83-74(107)70-89-60(48-96(70)7)87-63(102)14-17-82-73(106)59-44-56(47-95(59)6)85-76(109)71-90-61(49-97(71)8)88-64(103)15-18-81-72(105)58-43-55(46-94(58)5)84-75(108)69-80-19-21-93(69)4/h9-12,19,21,43-44,46-49,57H,13-18,20,22-42,45H2,1-8H3,(H,79,101)(H,81,105)(H,82,106)(H,83,107)(H,84,108)(H,85,109)(H,87,102)(H,88,103)/t57-/m0/s1. The maximum Gasteiger partial charge on any atom is 0.291 e. The summed E-state index contributed by atoms with van der Waals surface area (Å²) in [7, 11) is 8.05. The summed E-state index contributed by atoms with van der Waals surface area (Å²) >= 11 is 7.97. The molecule has 2 aliphatic rings. The van der Waals surface area contributed by atoms with Crippen molar-refractivity contribution in [1.29, 1.82) is 0 Å². The highest BCUT2D eigenvalue weighted by atomic mass is 35.5. The number of aliphatic imine (C=N–C) groups is 1. The van der Waals surface area contributed by atoms with Gasteiger partial charge in [-0.1, -0.05) is 23.7 Å². The molecule has 1 aromatic carbocycles. The largest absolute Gasteiger partial charge is 0.378 e. The average molecular weight is 1680 g/mol. The molecule has 0 aliphatic carbocycles. The minimum atomic E-state index is -0.639. The third-order valence-corrected chi connectivity index (χ3v) is 20.2. The molecule has 8 N–H and O–H groups in total. The first-order valence-corrected chi connectivity index (χ1v) is 39.9. The Kier molecular flexibility index (Phi) is 34.2. The van der Waals surface area contributed by atoms with E-state index in [1.807, 2.05) is 36.1 Å². The van der Waals surface area contributed by atoms with Gasteiger partial charge in [-0.05, 0) is 50.6 Å². The summed E-state index contributed by atoms with van der Waals surface area (Å²) in [6.07, 6.45) is 9.01. The van der Waals surface area contributed by atoms with Crippen molar-refractivity contribution < 1.29 is 81.0 Å². The van der Waals surface area contributed by atoms with Crippen molar-refractivity contribution in [2.45, 2.75) is 52.5 Å². The first-order valence-electron chi connectivity index (χ1n) is 38.7. The molecule has 0 unspecified atom stereocenters. The molecule has 41 heteroatoms. The first kappa shape index (κ1) is 89.4. The molecule has 2 aliphatic heterocycles. The number of hydrogen-bond donors (Lipinski definition) is 8. The summed E-state index contributed by atoms with van der Waals surface area (Å²) in [4.78, 5) is 140. The molecule has 1 saturated heterocycles. The number of rotatable bonds is 48. The Morgan fingerprint density at radius 3 is 1.46 bits per heavy atom. The van der Waals surface area contributed by atoms with E-state index in [-0.39, 0.29) is 116 Å². The summed E-state index contributed by atoms with van der Waals surface area (Å²) in [6.45, 7) is 16.4. The van der Waals surface area contributed by atoms with Crippen LogP contribution in [-0.2, 0) is 92.3 Å². The van der Waals surface area contributed by atoms with Crippen LogP contribution in [0.3, 0.4) is 0 Å². The van der Waals surface area contributed by atoms with Gasteiger partial charge in [0.1, 0.15) is 28.3 Å². The second-order valence-corrected chi connectivity index (χ2v) is 29.2. The van der Waals surface area contributed by atoms with Crippen LogP contribution in [0.1, 0.15) is 118 Å². The van der Waals surface area contributed by atoms with Crippen molar-refractivity contribution in [2.24, 2.45) is 40.2 Å². The number of anilines is 4. The van der Waals surface area contributed by atoms with E-state index in [4.69, 9.17) is 54.5 Å². The zero-order valence-corrected chi connectivity index (χ0v) is 69.1. The Bertz CT molecular complexity index is 4760. The van der Waals surface area contributed by atoms with Gasteiger partial charge in [0.25, 0.3) is 29.5 Å². The zero-order valence-electron chi connectivity index (χ0n) is 67.5. The van der Waals surface area contributed by atoms with Crippen molar-refractivity contribution in [3.63, 3.8) is 0 Å². The Balaban J connectivity index is 0.466. The Labute approximate surface area is 690 Å².